The van der Waals surface area contributed by atoms with Gasteiger partial charge in [0.2, 0.25) is 0 Å². The molecule has 94 valence electrons. The molecule has 4 heteroatoms. The number of hydrogen-bond donors (Lipinski definition) is 0. The van der Waals surface area contributed by atoms with Gasteiger partial charge in [-0.25, -0.2) is 0 Å². The van der Waals surface area contributed by atoms with Gasteiger partial charge in [0.15, 0.2) is 0 Å². The molecule has 1 unspecified atom stereocenters. The lowest BCUT2D eigenvalue weighted by atomic mass is 9.84. The van der Waals surface area contributed by atoms with Crippen LogP contribution in [0.4, 0.5) is 5.69 Å². The van der Waals surface area contributed by atoms with Crippen molar-refractivity contribution in [2.75, 3.05) is 19.0 Å². The first-order valence-corrected chi connectivity index (χ1v) is 6.36. The molecule has 1 fully saturated rings. The molecule has 1 saturated carbocycles. The molecule has 0 radical (unpaired) electrons. The van der Waals surface area contributed by atoms with E-state index in [1.807, 2.05) is 25.0 Å². The maximum Gasteiger partial charge on any atom is 0.0752 e. The Morgan fingerprint density at radius 3 is 2.88 bits per heavy atom. The zero-order valence-electron chi connectivity index (χ0n) is 11.0. The average Bonchev–Trinajstić information content (AvgIpc) is 2.76. The van der Waals surface area contributed by atoms with Crippen LogP contribution in [0.1, 0.15) is 25.7 Å². The molecule has 17 heavy (non-hydrogen) atoms. The number of aromatic nitrogens is 2. The molecule has 1 aliphatic rings. The van der Waals surface area contributed by atoms with Crippen LogP contribution in [0.15, 0.2) is 17.4 Å². The second-order valence-electron chi connectivity index (χ2n) is 4.91. The van der Waals surface area contributed by atoms with Gasteiger partial charge < -0.3 is 9.89 Å². The number of aryl methyl sites for hydroxylation is 1. The van der Waals surface area contributed by atoms with Gasteiger partial charge in [-0.2, -0.15) is 5.10 Å². The van der Waals surface area contributed by atoms with Crippen molar-refractivity contribution in [3.05, 3.63) is 12.4 Å². The maximum absolute atomic E-state index is 4.24. The zero-order valence-corrected chi connectivity index (χ0v) is 11.0. The van der Waals surface area contributed by atoms with Gasteiger partial charge in [0, 0.05) is 45.5 Å². The minimum Gasteiger partial charge on any atom is -0.368 e. The highest BCUT2D eigenvalue weighted by Gasteiger charge is 2.27. The molecule has 0 aliphatic heterocycles. The molecule has 1 aliphatic carbocycles. The first-order chi connectivity index (χ1) is 8.22. The Labute approximate surface area is 103 Å². The van der Waals surface area contributed by atoms with Gasteiger partial charge in [0.1, 0.15) is 0 Å². The standard InChI is InChI=1S/C13H22N4/c1-14-8-11-6-4-5-7-13(11)17(3)12-9-15-16(2)10-12/h8-11,13H,4-7H2,1-3H3/b14-8+/t11?,13-/m0/s1. The number of aliphatic imine (C=N–C) groups is 1. The summed E-state index contributed by atoms with van der Waals surface area (Å²) >= 11 is 0. The van der Waals surface area contributed by atoms with E-state index in [4.69, 9.17) is 0 Å². The fourth-order valence-electron chi connectivity index (χ4n) is 2.77. The molecule has 0 amide bonds. The summed E-state index contributed by atoms with van der Waals surface area (Å²) in [5, 5.41) is 4.24. The Morgan fingerprint density at radius 1 is 1.47 bits per heavy atom. The third-order valence-corrected chi connectivity index (χ3v) is 3.72. The van der Waals surface area contributed by atoms with E-state index in [1.54, 1.807) is 0 Å². The molecule has 0 bridgehead atoms. The number of hydrogen-bond acceptors (Lipinski definition) is 3. The molecule has 4 nitrogen and oxygen atoms in total. The molecule has 2 atom stereocenters. The number of nitrogens with zero attached hydrogens (tertiary/aromatic N) is 4. The largest absolute Gasteiger partial charge is 0.368 e. The summed E-state index contributed by atoms with van der Waals surface area (Å²) in [6.45, 7) is 0. The van der Waals surface area contributed by atoms with E-state index >= 15 is 0 Å². The van der Waals surface area contributed by atoms with Crippen molar-refractivity contribution < 1.29 is 0 Å². The van der Waals surface area contributed by atoms with Gasteiger partial charge in [-0.05, 0) is 12.8 Å². The van der Waals surface area contributed by atoms with Crippen LogP contribution >= 0.6 is 0 Å². The van der Waals surface area contributed by atoms with Crippen LogP contribution in [0.25, 0.3) is 0 Å². The van der Waals surface area contributed by atoms with Gasteiger partial charge in [-0.3, -0.25) is 4.68 Å². The van der Waals surface area contributed by atoms with E-state index in [2.05, 4.69) is 34.5 Å². The van der Waals surface area contributed by atoms with E-state index in [0.29, 0.717) is 12.0 Å². The zero-order chi connectivity index (χ0) is 12.3. The third-order valence-electron chi connectivity index (χ3n) is 3.72. The first kappa shape index (κ1) is 12.1. The molecule has 0 saturated heterocycles. The van der Waals surface area contributed by atoms with Crippen molar-refractivity contribution in [3.63, 3.8) is 0 Å². The van der Waals surface area contributed by atoms with E-state index < -0.39 is 0 Å². The topological polar surface area (TPSA) is 33.4 Å². The summed E-state index contributed by atoms with van der Waals surface area (Å²) in [6, 6.07) is 0.566. The van der Waals surface area contributed by atoms with Crippen LogP contribution in [0.5, 0.6) is 0 Å². The van der Waals surface area contributed by atoms with Crippen LogP contribution in [0.2, 0.25) is 0 Å². The van der Waals surface area contributed by atoms with Crippen LogP contribution in [-0.4, -0.2) is 36.1 Å². The molecule has 1 aromatic rings. The van der Waals surface area contributed by atoms with E-state index in [-0.39, 0.29) is 0 Å². The predicted octanol–water partition coefficient (Wildman–Crippen LogP) is 2.12. The summed E-state index contributed by atoms with van der Waals surface area (Å²) in [5.41, 5.74) is 1.20. The van der Waals surface area contributed by atoms with Crippen LogP contribution in [0, 0.1) is 5.92 Å². The van der Waals surface area contributed by atoms with Crippen LogP contribution < -0.4 is 4.90 Å². The Bertz CT molecular complexity index is 383. The van der Waals surface area contributed by atoms with Gasteiger partial charge in [0.05, 0.1) is 11.9 Å². The number of anilines is 1. The first-order valence-electron chi connectivity index (χ1n) is 6.36. The van der Waals surface area contributed by atoms with Crippen molar-refractivity contribution in [1.29, 1.82) is 0 Å². The van der Waals surface area contributed by atoms with E-state index in [9.17, 15) is 0 Å². The van der Waals surface area contributed by atoms with Crippen molar-refractivity contribution >= 4 is 11.9 Å². The highest BCUT2D eigenvalue weighted by atomic mass is 15.3. The average molecular weight is 234 g/mol. The van der Waals surface area contributed by atoms with Crippen LogP contribution in [0.3, 0.4) is 0 Å². The molecule has 2 rings (SSSR count). The van der Waals surface area contributed by atoms with Gasteiger partial charge >= 0.3 is 0 Å². The Balaban J connectivity index is 2.13. The quantitative estimate of drug-likeness (QED) is 0.751. The van der Waals surface area contributed by atoms with Crippen molar-refractivity contribution in [3.8, 4) is 0 Å². The predicted molar refractivity (Wildman–Crippen MR) is 71.8 cm³/mol. The fourth-order valence-corrected chi connectivity index (χ4v) is 2.77. The minimum absolute atomic E-state index is 0.566. The lowest BCUT2D eigenvalue weighted by molar-refractivity contribution is 0.373. The Kier molecular flexibility index (Phi) is 3.82. The highest BCUT2D eigenvalue weighted by Crippen LogP contribution is 2.29. The molecule has 0 N–H and O–H groups in total. The smallest absolute Gasteiger partial charge is 0.0752 e. The normalized spacial score (nSPS) is 25.4. The van der Waals surface area contributed by atoms with E-state index in [1.165, 1.54) is 31.4 Å². The Morgan fingerprint density at radius 2 is 2.24 bits per heavy atom. The summed E-state index contributed by atoms with van der Waals surface area (Å²) in [6.07, 6.45) is 11.3. The molecule has 0 spiro atoms. The second-order valence-corrected chi connectivity index (χ2v) is 4.91. The summed E-state index contributed by atoms with van der Waals surface area (Å²) < 4.78 is 1.86. The van der Waals surface area contributed by atoms with E-state index in [0.717, 1.165) is 0 Å². The maximum atomic E-state index is 4.24. The van der Waals surface area contributed by atoms with Crippen molar-refractivity contribution in [2.45, 2.75) is 31.7 Å². The minimum atomic E-state index is 0.566. The summed E-state index contributed by atoms with van der Waals surface area (Å²) in [4.78, 5) is 6.58. The summed E-state index contributed by atoms with van der Waals surface area (Å²) in [5.74, 6) is 0.582. The molecule has 1 aromatic heterocycles. The Hall–Kier alpha value is -1.32. The lowest BCUT2D eigenvalue weighted by Gasteiger charge is -2.36. The summed E-state index contributed by atoms with van der Waals surface area (Å²) in [7, 11) is 6.00. The van der Waals surface area contributed by atoms with Gasteiger partial charge in [-0.1, -0.05) is 12.8 Å². The monoisotopic (exact) mass is 234 g/mol. The van der Waals surface area contributed by atoms with Gasteiger partial charge in [0.25, 0.3) is 0 Å². The molecular formula is C13H22N4. The highest BCUT2D eigenvalue weighted by molar-refractivity contribution is 5.63. The SMILES string of the molecule is C/N=C/C1CCCC[C@@H]1N(C)c1cnn(C)c1. The number of rotatable bonds is 3. The fraction of sp³-hybridized carbons (Fsp3) is 0.692. The lowest BCUT2D eigenvalue weighted by Crippen LogP contribution is -2.40. The van der Waals surface area contributed by atoms with Crippen molar-refractivity contribution in [2.24, 2.45) is 18.0 Å². The van der Waals surface area contributed by atoms with Crippen LogP contribution in [-0.2, 0) is 7.05 Å². The second kappa shape index (κ2) is 5.34. The molecule has 0 aromatic carbocycles. The van der Waals surface area contributed by atoms with Gasteiger partial charge in [-0.15, -0.1) is 0 Å². The van der Waals surface area contributed by atoms with Crippen molar-refractivity contribution in [1.82, 2.24) is 9.78 Å². The molecule has 1 heterocycles. The molecular weight excluding hydrogens is 212 g/mol. The third kappa shape index (κ3) is 2.68.